The number of nitrogens with zero attached hydrogens (tertiary/aromatic N) is 1. The van der Waals surface area contributed by atoms with Crippen molar-refractivity contribution in [3.63, 3.8) is 0 Å². The molecule has 0 saturated carbocycles. The molecule has 3 atom stereocenters. The number of phosphoric ester groups is 1. The zero-order valence-corrected chi connectivity index (χ0v) is 33.1. The summed E-state index contributed by atoms with van der Waals surface area (Å²) in [6.07, 6.45) is 32.6. The number of hydrogen-bond acceptors (Lipinski definition) is 6. The van der Waals surface area contributed by atoms with Crippen molar-refractivity contribution < 1.29 is 28.4 Å². The van der Waals surface area contributed by atoms with Crippen LogP contribution in [0, 0.1) is 0 Å². The largest absolute Gasteiger partial charge is 0.472 e. The lowest BCUT2D eigenvalue weighted by Gasteiger charge is -2.25. The molecule has 0 saturated heterocycles. The SMILES string of the molecule is CCCCCCCCCCCCCCCC(=O)N[C@@H](COP(=O)(O)OCCN(C)CC)[C@H](O)CCCCCCCCCCCCCCC. The van der Waals surface area contributed by atoms with Gasteiger partial charge in [-0.2, -0.15) is 0 Å². The summed E-state index contributed by atoms with van der Waals surface area (Å²) in [6, 6.07) is -0.751. The Kier molecular flexibility index (Phi) is 34.6. The van der Waals surface area contributed by atoms with Gasteiger partial charge < -0.3 is 20.2 Å². The maximum Gasteiger partial charge on any atom is 0.472 e. The van der Waals surface area contributed by atoms with E-state index in [1.54, 1.807) is 0 Å². The van der Waals surface area contributed by atoms with Gasteiger partial charge in [-0.25, -0.2) is 4.57 Å². The van der Waals surface area contributed by atoms with Crippen LogP contribution in [0.3, 0.4) is 0 Å². The Bertz CT molecular complexity index is 743. The van der Waals surface area contributed by atoms with Gasteiger partial charge in [0.15, 0.2) is 0 Å². The lowest BCUT2D eigenvalue weighted by Crippen LogP contribution is -2.46. The first-order valence-electron chi connectivity index (χ1n) is 20.5. The molecule has 0 spiro atoms. The average molecular weight is 705 g/mol. The maximum atomic E-state index is 12.8. The minimum atomic E-state index is -4.30. The topological polar surface area (TPSA) is 108 Å². The summed E-state index contributed by atoms with van der Waals surface area (Å²) >= 11 is 0. The molecule has 0 aliphatic carbocycles. The molecule has 0 aliphatic rings. The lowest BCUT2D eigenvalue weighted by molar-refractivity contribution is -0.123. The van der Waals surface area contributed by atoms with Gasteiger partial charge in [0.25, 0.3) is 0 Å². The highest BCUT2D eigenvalue weighted by Crippen LogP contribution is 2.43. The van der Waals surface area contributed by atoms with E-state index in [1.807, 2.05) is 18.9 Å². The third-order valence-corrected chi connectivity index (χ3v) is 10.6. The Balaban J connectivity index is 4.40. The monoisotopic (exact) mass is 705 g/mol. The molecule has 0 aromatic carbocycles. The number of hydrogen-bond donors (Lipinski definition) is 3. The first kappa shape index (κ1) is 47.5. The van der Waals surface area contributed by atoms with Crippen molar-refractivity contribution in [2.24, 2.45) is 0 Å². The summed E-state index contributed by atoms with van der Waals surface area (Å²) in [5.74, 6) is -0.144. The van der Waals surface area contributed by atoms with Gasteiger partial charge in [0, 0.05) is 13.0 Å². The van der Waals surface area contributed by atoms with Crippen LogP contribution >= 0.6 is 7.82 Å². The molecule has 0 rings (SSSR count). The molecule has 0 aliphatic heterocycles. The van der Waals surface area contributed by atoms with Crippen LogP contribution in [-0.4, -0.2) is 66.3 Å². The van der Waals surface area contributed by atoms with E-state index in [-0.39, 0.29) is 19.1 Å². The summed E-state index contributed by atoms with van der Waals surface area (Å²) in [4.78, 5) is 25.0. The number of carbonyl (C=O) groups is 1. The van der Waals surface area contributed by atoms with Gasteiger partial charge in [0.05, 0.1) is 25.4 Å². The molecular formula is C39H81N2O6P. The van der Waals surface area contributed by atoms with E-state index < -0.39 is 20.0 Å². The predicted octanol–water partition coefficient (Wildman–Crippen LogP) is 10.9. The van der Waals surface area contributed by atoms with Crippen LogP contribution in [0.2, 0.25) is 0 Å². The molecular weight excluding hydrogens is 623 g/mol. The molecule has 0 aromatic heterocycles. The number of amides is 1. The number of aliphatic hydroxyl groups is 1. The Labute approximate surface area is 297 Å². The quantitative estimate of drug-likeness (QED) is 0.0433. The number of phosphoric acid groups is 1. The highest BCUT2D eigenvalue weighted by Gasteiger charge is 2.28. The fourth-order valence-corrected chi connectivity index (χ4v) is 6.82. The molecule has 3 N–H and O–H groups in total. The van der Waals surface area contributed by atoms with E-state index in [2.05, 4.69) is 19.2 Å². The molecule has 1 amide bonds. The zero-order valence-electron chi connectivity index (χ0n) is 32.2. The number of carbonyl (C=O) groups excluding carboxylic acids is 1. The van der Waals surface area contributed by atoms with Crippen molar-refractivity contribution in [3.05, 3.63) is 0 Å². The molecule has 8 nitrogen and oxygen atoms in total. The summed E-state index contributed by atoms with van der Waals surface area (Å²) in [5.41, 5.74) is 0. The van der Waals surface area contributed by atoms with Crippen LogP contribution < -0.4 is 5.32 Å². The van der Waals surface area contributed by atoms with Crippen molar-refractivity contribution in [1.29, 1.82) is 0 Å². The maximum absolute atomic E-state index is 12.8. The zero-order chi connectivity index (χ0) is 35.6. The molecule has 0 aromatic rings. The molecule has 1 unspecified atom stereocenters. The van der Waals surface area contributed by atoms with Crippen molar-refractivity contribution >= 4 is 13.7 Å². The van der Waals surface area contributed by atoms with E-state index in [9.17, 15) is 19.4 Å². The summed E-state index contributed by atoms with van der Waals surface area (Å²) in [6.45, 7) is 7.63. The van der Waals surface area contributed by atoms with E-state index in [1.165, 1.54) is 128 Å². The fourth-order valence-electron chi connectivity index (χ4n) is 6.09. The molecule has 48 heavy (non-hydrogen) atoms. The molecule has 0 radical (unpaired) electrons. The van der Waals surface area contributed by atoms with Crippen molar-refractivity contribution in [2.45, 2.75) is 213 Å². The molecule has 288 valence electrons. The smallest absolute Gasteiger partial charge is 0.391 e. The first-order chi connectivity index (χ1) is 23.3. The normalized spacial score (nSPS) is 14.3. The van der Waals surface area contributed by atoms with Crippen LogP contribution in [0.5, 0.6) is 0 Å². The number of rotatable bonds is 38. The Morgan fingerprint density at radius 3 is 1.46 bits per heavy atom. The second-order valence-corrected chi connectivity index (χ2v) is 15.7. The van der Waals surface area contributed by atoms with Crippen LogP contribution in [0.15, 0.2) is 0 Å². The van der Waals surface area contributed by atoms with Crippen molar-refractivity contribution in [2.75, 3.05) is 33.4 Å². The molecule has 0 fully saturated rings. The van der Waals surface area contributed by atoms with Crippen LogP contribution in [0.4, 0.5) is 0 Å². The number of aliphatic hydroxyl groups excluding tert-OH is 1. The summed E-state index contributed by atoms with van der Waals surface area (Å²) in [7, 11) is -2.39. The Morgan fingerprint density at radius 1 is 0.646 bits per heavy atom. The van der Waals surface area contributed by atoms with Crippen LogP contribution in [0.1, 0.15) is 201 Å². The van der Waals surface area contributed by atoms with Gasteiger partial charge in [-0.15, -0.1) is 0 Å². The predicted molar refractivity (Wildman–Crippen MR) is 203 cm³/mol. The van der Waals surface area contributed by atoms with Gasteiger partial charge in [-0.05, 0) is 26.4 Å². The van der Waals surface area contributed by atoms with E-state index in [0.717, 1.165) is 45.1 Å². The van der Waals surface area contributed by atoms with E-state index >= 15 is 0 Å². The minimum absolute atomic E-state index is 0.0652. The van der Waals surface area contributed by atoms with Gasteiger partial charge in [0.1, 0.15) is 0 Å². The summed E-state index contributed by atoms with van der Waals surface area (Å²) < 4.78 is 22.9. The number of likely N-dealkylation sites (N-methyl/N-ethyl adjacent to an activating group) is 1. The molecule has 0 bridgehead atoms. The third-order valence-electron chi connectivity index (χ3n) is 9.61. The minimum Gasteiger partial charge on any atom is -0.391 e. The van der Waals surface area contributed by atoms with Gasteiger partial charge in [-0.3, -0.25) is 13.8 Å². The van der Waals surface area contributed by atoms with Crippen LogP contribution in [0.25, 0.3) is 0 Å². The summed E-state index contributed by atoms with van der Waals surface area (Å²) in [5, 5.41) is 13.9. The lowest BCUT2D eigenvalue weighted by atomic mass is 10.0. The molecule has 0 heterocycles. The highest BCUT2D eigenvalue weighted by atomic mass is 31.2. The molecule has 9 heteroatoms. The third kappa shape index (κ3) is 32.7. The van der Waals surface area contributed by atoms with E-state index in [0.29, 0.717) is 19.4 Å². The number of nitrogens with one attached hydrogen (secondary N) is 1. The van der Waals surface area contributed by atoms with Gasteiger partial charge >= 0.3 is 7.82 Å². The fraction of sp³-hybridized carbons (Fsp3) is 0.974. The van der Waals surface area contributed by atoms with Gasteiger partial charge in [0.2, 0.25) is 5.91 Å². The standard InChI is InChI=1S/C39H81N2O6P/c1-5-8-10-12-14-16-18-20-22-24-26-28-30-32-38(42)37(36-47-48(44,45)46-35-34-41(4)7-3)40-39(43)33-31-29-27-25-23-21-19-17-15-13-11-9-6-2/h37-38,42H,5-36H2,1-4H3,(H,40,43)(H,44,45)/t37-,38+/m0/s1. The highest BCUT2D eigenvalue weighted by molar-refractivity contribution is 7.47. The van der Waals surface area contributed by atoms with Crippen molar-refractivity contribution in [3.8, 4) is 0 Å². The van der Waals surface area contributed by atoms with Crippen LogP contribution in [-0.2, 0) is 18.4 Å². The second kappa shape index (κ2) is 34.9. The Hall–Kier alpha value is -0.500. The Morgan fingerprint density at radius 2 is 1.04 bits per heavy atom. The van der Waals surface area contributed by atoms with Gasteiger partial charge in [-0.1, -0.05) is 181 Å². The number of unbranched alkanes of at least 4 members (excludes halogenated alkanes) is 24. The average Bonchev–Trinajstić information content (AvgIpc) is 3.06. The van der Waals surface area contributed by atoms with E-state index in [4.69, 9.17) is 9.05 Å². The second-order valence-electron chi connectivity index (χ2n) is 14.3. The first-order valence-corrected chi connectivity index (χ1v) is 22.0. The van der Waals surface area contributed by atoms with Crippen molar-refractivity contribution in [1.82, 2.24) is 10.2 Å².